The van der Waals surface area contributed by atoms with Gasteiger partial charge in [-0.05, 0) is 48.6 Å². The van der Waals surface area contributed by atoms with Crippen LogP contribution >= 0.6 is 11.6 Å². The lowest BCUT2D eigenvalue weighted by Crippen LogP contribution is -2.29. The first-order valence-electron chi connectivity index (χ1n) is 9.35. The summed E-state index contributed by atoms with van der Waals surface area (Å²) in [6.07, 6.45) is 0.896. The van der Waals surface area contributed by atoms with Crippen LogP contribution in [0.1, 0.15) is 49.9 Å². The van der Waals surface area contributed by atoms with Crippen molar-refractivity contribution in [1.82, 2.24) is 4.98 Å². The number of aromatic amines is 1. The van der Waals surface area contributed by atoms with Gasteiger partial charge in [0.2, 0.25) is 0 Å². The highest BCUT2D eigenvalue weighted by Gasteiger charge is 2.28. The number of nitrogens with one attached hydrogen (secondary N) is 2. The molecule has 2 N–H and O–H groups in total. The first kappa shape index (κ1) is 19.2. The number of benzene rings is 2. The van der Waals surface area contributed by atoms with Crippen molar-refractivity contribution >= 4 is 29.0 Å². The van der Waals surface area contributed by atoms with Gasteiger partial charge in [-0.3, -0.25) is 14.4 Å². The summed E-state index contributed by atoms with van der Waals surface area (Å²) in [4.78, 5) is 40.8. The smallest absolute Gasteiger partial charge is 0.261 e. The van der Waals surface area contributed by atoms with E-state index >= 15 is 0 Å². The van der Waals surface area contributed by atoms with E-state index in [0.29, 0.717) is 40.4 Å². The summed E-state index contributed by atoms with van der Waals surface area (Å²) < 4.78 is 0. The lowest BCUT2D eigenvalue weighted by atomic mass is 9.81. The Morgan fingerprint density at radius 3 is 2.59 bits per heavy atom. The van der Waals surface area contributed by atoms with E-state index in [4.69, 9.17) is 11.6 Å². The number of amides is 1. The number of carbonyl (C=O) groups excluding carboxylic acids is 2. The number of Topliss-reactive ketones (excluding diaryl/α,β-unsaturated/α-hetero) is 1. The second-order valence-corrected chi connectivity index (χ2v) is 7.62. The molecule has 0 spiro atoms. The largest absolute Gasteiger partial charge is 0.325 e. The molecule has 2 aromatic carbocycles. The minimum atomic E-state index is -0.572. The zero-order valence-electron chi connectivity index (χ0n) is 15.8. The summed E-state index contributed by atoms with van der Waals surface area (Å²) in [5.74, 6) is -0.637. The summed E-state index contributed by atoms with van der Waals surface area (Å²) in [5, 5.41) is 3.23. The van der Waals surface area contributed by atoms with E-state index in [-0.39, 0.29) is 17.3 Å². The summed E-state index contributed by atoms with van der Waals surface area (Å²) in [6.45, 7) is 1.78. The summed E-state index contributed by atoms with van der Waals surface area (Å²) >= 11 is 6.09. The third-order valence-corrected chi connectivity index (χ3v) is 5.75. The molecule has 1 heterocycles. The van der Waals surface area contributed by atoms with Crippen LogP contribution in [0.3, 0.4) is 0 Å². The number of ketones is 1. The van der Waals surface area contributed by atoms with Crippen molar-refractivity contribution in [2.45, 2.75) is 25.7 Å². The predicted molar refractivity (Wildman–Crippen MR) is 113 cm³/mol. The maximum atomic E-state index is 12.7. The predicted octanol–water partition coefficient (Wildman–Crippen LogP) is 4.50. The fourth-order valence-corrected chi connectivity index (χ4v) is 3.87. The Balaban J connectivity index is 1.64. The number of rotatable bonds is 3. The molecule has 0 aliphatic heterocycles. The average Bonchev–Trinajstić information content (AvgIpc) is 2.71. The number of fused-ring (bicyclic) bond motifs is 1. The van der Waals surface area contributed by atoms with Gasteiger partial charge < -0.3 is 10.3 Å². The van der Waals surface area contributed by atoms with Crippen molar-refractivity contribution in [3.8, 4) is 0 Å². The van der Waals surface area contributed by atoms with Gasteiger partial charge >= 0.3 is 0 Å². The number of aromatic nitrogens is 1. The first-order chi connectivity index (χ1) is 13.9. The first-order valence-corrected chi connectivity index (χ1v) is 9.72. The Hall–Kier alpha value is -3.18. The number of H-pyrrole nitrogens is 1. The molecule has 4 rings (SSSR count). The van der Waals surface area contributed by atoms with Gasteiger partial charge in [-0.2, -0.15) is 0 Å². The zero-order valence-corrected chi connectivity index (χ0v) is 16.5. The molecule has 0 unspecified atom stereocenters. The van der Waals surface area contributed by atoms with Crippen molar-refractivity contribution < 1.29 is 9.59 Å². The van der Waals surface area contributed by atoms with Gasteiger partial charge in [0.25, 0.3) is 11.5 Å². The molecule has 0 saturated carbocycles. The molecule has 29 heavy (non-hydrogen) atoms. The molecule has 146 valence electrons. The fraction of sp³-hybridized carbons (Fsp3) is 0.174. The third-order valence-electron chi connectivity index (χ3n) is 5.34. The van der Waals surface area contributed by atoms with E-state index in [0.717, 1.165) is 5.56 Å². The van der Waals surface area contributed by atoms with Gasteiger partial charge in [0.15, 0.2) is 5.78 Å². The van der Waals surface area contributed by atoms with Crippen LogP contribution in [0.5, 0.6) is 0 Å². The van der Waals surface area contributed by atoms with Crippen molar-refractivity contribution in [1.29, 1.82) is 0 Å². The molecule has 1 aromatic heterocycles. The maximum Gasteiger partial charge on any atom is 0.261 e. The Morgan fingerprint density at radius 1 is 1.07 bits per heavy atom. The fourth-order valence-electron chi connectivity index (χ4n) is 3.69. The molecular formula is C23H19ClN2O3. The topological polar surface area (TPSA) is 79.0 Å². The molecule has 5 nitrogen and oxygen atoms in total. The van der Waals surface area contributed by atoms with Crippen LogP contribution in [0, 0.1) is 6.92 Å². The van der Waals surface area contributed by atoms with Crippen LogP contribution < -0.4 is 10.9 Å². The number of pyridine rings is 1. The van der Waals surface area contributed by atoms with E-state index < -0.39 is 11.5 Å². The highest BCUT2D eigenvalue weighted by molar-refractivity contribution is 6.31. The molecule has 0 radical (unpaired) electrons. The highest BCUT2D eigenvalue weighted by Crippen LogP contribution is 2.31. The van der Waals surface area contributed by atoms with Crippen molar-refractivity contribution in [3.63, 3.8) is 0 Å². The summed E-state index contributed by atoms with van der Waals surface area (Å²) in [7, 11) is 0. The zero-order chi connectivity index (χ0) is 20.5. The summed E-state index contributed by atoms with van der Waals surface area (Å²) in [5.41, 5.74) is 2.68. The lowest BCUT2D eigenvalue weighted by molar-refractivity contribution is 0.0963. The lowest BCUT2D eigenvalue weighted by Gasteiger charge is -2.24. The standard InChI is InChI=1S/C23H19ClN2O3/c1-13-18(24)8-5-9-19(13)25-22(28)17-12-16-20(26-23(17)29)10-15(11-21(16)27)14-6-3-2-4-7-14/h2-9,12,15H,10-11H2,1H3,(H,25,28)(H,26,29)/t15-/m0/s1. The van der Waals surface area contributed by atoms with Crippen LogP contribution in [-0.4, -0.2) is 16.7 Å². The van der Waals surface area contributed by atoms with E-state index in [1.165, 1.54) is 6.07 Å². The molecule has 1 aliphatic carbocycles. The minimum Gasteiger partial charge on any atom is -0.325 e. The molecule has 6 heteroatoms. The van der Waals surface area contributed by atoms with Crippen LogP contribution in [0.15, 0.2) is 59.4 Å². The highest BCUT2D eigenvalue weighted by atomic mass is 35.5. The van der Waals surface area contributed by atoms with Crippen LogP contribution in [0.25, 0.3) is 0 Å². The van der Waals surface area contributed by atoms with Gasteiger partial charge in [0.1, 0.15) is 5.56 Å². The minimum absolute atomic E-state index is 0.0145. The molecule has 0 bridgehead atoms. The number of hydrogen-bond acceptors (Lipinski definition) is 3. The van der Waals surface area contributed by atoms with E-state index in [1.807, 2.05) is 30.3 Å². The second-order valence-electron chi connectivity index (χ2n) is 7.21. The van der Waals surface area contributed by atoms with Crippen molar-refractivity contribution in [2.24, 2.45) is 0 Å². The third kappa shape index (κ3) is 3.74. The van der Waals surface area contributed by atoms with Crippen LogP contribution in [-0.2, 0) is 6.42 Å². The van der Waals surface area contributed by atoms with Gasteiger partial charge in [-0.1, -0.05) is 48.0 Å². The Morgan fingerprint density at radius 2 is 1.83 bits per heavy atom. The number of hydrogen-bond donors (Lipinski definition) is 2. The number of carbonyl (C=O) groups is 2. The Bertz CT molecular complexity index is 1170. The quantitative estimate of drug-likeness (QED) is 0.672. The van der Waals surface area contributed by atoms with Crippen molar-refractivity contribution in [2.75, 3.05) is 5.32 Å². The van der Waals surface area contributed by atoms with E-state index in [2.05, 4.69) is 10.3 Å². The Kier molecular flexibility index (Phi) is 5.07. The van der Waals surface area contributed by atoms with E-state index in [9.17, 15) is 14.4 Å². The Labute approximate surface area is 172 Å². The number of halogens is 1. The molecule has 1 amide bonds. The summed E-state index contributed by atoms with van der Waals surface area (Å²) in [6, 6.07) is 16.3. The van der Waals surface area contributed by atoms with E-state index in [1.54, 1.807) is 25.1 Å². The number of anilines is 1. The monoisotopic (exact) mass is 406 g/mol. The van der Waals surface area contributed by atoms with Gasteiger partial charge in [0, 0.05) is 28.4 Å². The van der Waals surface area contributed by atoms with Crippen LogP contribution in [0.2, 0.25) is 5.02 Å². The van der Waals surface area contributed by atoms with Gasteiger partial charge in [-0.25, -0.2) is 0 Å². The molecule has 0 saturated heterocycles. The maximum absolute atomic E-state index is 12.7. The average molecular weight is 407 g/mol. The normalized spacial score (nSPS) is 15.7. The van der Waals surface area contributed by atoms with Crippen molar-refractivity contribution in [3.05, 3.63) is 97.9 Å². The SMILES string of the molecule is Cc1c(Cl)cccc1NC(=O)c1cc2c([nH]c1=O)C[C@H](c1ccccc1)CC2=O. The molecule has 3 aromatic rings. The van der Waals surface area contributed by atoms with Gasteiger partial charge in [0.05, 0.1) is 0 Å². The second kappa shape index (κ2) is 7.68. The molecule has 0 fully saturated rings. The molecular weight excluding hydrogens is 388 g/mol. The van der Waals surface area contributed by atoms with Crippen LogP contribution in [0.4, 0.5) is 5.69 Å². The molecule has 1 aliphatic rings. The van der Waals surface area contributed by atoms with Gasteiger partial charge in [-0.15, -0.1) is 0 Å². The molecule has 1 atom stereocenters.